The third-order valence-corrected chi connectivity index (χ3v) is 6.23. The molecule has 5 rings (SSSR count). The highest BCUT2D eigenvalue weighted by Gasteiger charge is 2.22. The Balaban J connectivity index is 1.50. The molecular formula is C27H25N5O. The van der Waals surface area contributed by atoms with Gasteiger partial charge in [0.1, 0.15) is 18.4 Å². The highest BCUT2D eigenvalue weighted by atomic mass is 16.1. The number of nitrogens with zero attached hydrogens (tertiary/aromatic N) is 5. The smallest absolute Gasteiger partial charge is 0.257 e. The second kappa shape index (κ2) is 7.86. The lowest BCUT2D eigenvalue weighted by Gasteiger charge is -2.27. The molecule has 0 saturated carbocycles. The lowest BCUT2D eigenvalue weighted by Crippen LogP contribution is -2.21. The summed E-state index contributed by atoms with van der Waals surface area (Å²) in [6.45, 7) is 6.67. The average molecular weight is 436 g/mol. The number of hydrogen-bond acceptors (Lipinski definition) is 5. The standard InChI is InChI=1S/C27H25N5O/c1-27(2,3)21-11-9-19(10-12-21)20-6-5-7-22(15-20)31(4)25-23-13-8-18(16-33)14-24(23)32-17-28-30-26(32)29-25/h7-14,16-17,20H,15H2,1-4H3. The van der Waals surface area contributed by atoms with Crippen LogP contribution in [0.3, 0.4) is 0 Å². The van der Waals surface area contributed by atoms with E-state index in [2.05, 4.69) is 72.0 Å². The monoisotopic (exact) mass is 435 g/mol. The van der Waals surface area contributed by atoms with Crippen molar-refractivity contribution in [3.05, 3.63) is 77.3 Å². The molecule has 0 aliphatic heterocycles. The van der Waals surface area contributed by atoms with Gasteiger partial charge in [0.2, 0.25) is 0 Å². The van der Waals surface area contributed by atoms with Crippen LogP contribution < -0.4 is 4.90 Å². The second-order valence-electron chi connectivity index (χ2n) is 9.44. The van der Waals surface area contributed by atoms with Crippen LogP contribution in [-0.2, 0) is 5.41 Å². The molecule has 6 heteroatoms. The number of aldehydes is 1. The van der Waals surface area contributed by atoms with Crippen molar-refractivity contribution in [2.75, 3.05) is 11.9 Å². The summed E-state index contributed by atoms with van der Waals surface area (Å²) in [5.41, 5.74) is 5.17. The van der Waals surface area contributed by atoms with Gasteiger partial charge in [-0.2, -0.15) is 4.98 Å². The Morgan fingerprint density at radius 2 is 1.94 bits per heavy atom. The van der Waals surface area contributed by atoms with E-state index in [9.17, 15) is 4.79 Å². The van der Waals surface area contributed by atoms with Gasteiger partial charge < -0.3 is 4.90 Å². The molecule has 0 amide bonds. The second-order valence-corrected chi connectivity index (χ2v) is 9.44. The number of rotatable bonds is 4. The third-order valence-electron chi connectivity index (χ3n) is 6.23. The Morgan fingerprint density at radius 3 is 2.67 bits per heavy atom. The van der Waals surface area contributed by atoms with E-state index in [1.807, 2.05) is 25.3 Å². The van der Waals surface area contributed by atoms with Gasteiger partial charge in [-0.05, 0) is 28.7 Å². The molecule has 0 radical (unpaired) electrons. The molecule has 1 atom stereocenters. The average Bonchev–Trinajstić information content (AvgIpc) is 3.31. The highest BCUT2D eigenvalue weighted by Crippen LogP contribution is 2.33. The van der Waals surface area contributed by atoms with Crippen molar-refractivity contribution >= 4 is 28.8 Å². The van der Waals surface area contributed by atoms with E-state index in [1.54, 1.807) is 16.8 Å². The Morgan fingerprint density at radius 1 is 1.15 bits per heavy atom. The first-order chi connectivity index (χ1) is 15.8. The summed E-state index contributed by atoms with van der Waals surface area (Å²) < 4.78 is 1.80. The normalized spacial score (nSPS) is 15.8. The summed E-state index contributed by atoms with van der Waals surface area (Å²) in [7, 11) is 2.00. The highest BCUT2D eigenvalue weighted by molar-refractivity contribution is 5.95. The van der Waals surface area contributed by atoms with Crippen LogP contribution in [0.4, 0.5) is 5.82 Å². The summed E-state index contributed by atoms with van der Waals surface area (Å²) in [5, 5.41) is 9.06. The molecule has 33 heavy (non-hydrogen) atoms. The molecule has 0 N–H and O–H groups in total. The molecule has 1 aliphatic carbocycles. The van der Waals surface area contributed by atoms with E-state index in [-0.39, 0.29) is 11.3 Å². The first-order valence-electron chi connectivity index (χ1n) is 11.0. The van der Waals surface area contributed by atoms with Crippen LogP contribution in [0.5, 0.6) is 0 Å². The van der Waals surface area contributed by atoms with E-state index >= 15 is 0 Å². The lowest BCUT2D eigenvalue weighted by molar-refractivity contribution is 0.112. The van der Waals surface area contributed by atoms with Crippen molar-refractivity contribution in [1.82, 2.24) is 19.6 Å². The third kappa shape index (κ3) is 3.76. The quantitative estimate of drug-likeness (QED) is 0.337. The zero-order valence-electron chi connectivity index (χ0n) is 19.2. The van der Waals surface area contributed by atoms with Gasteiger partial charge in [-0.1, -0.05) is 62.9 Å². The molecule has 6 nitrogen and oxygen atoms in total. The van der Waals surface area contributed by atoms with Gasteiger partial charge in [0, 0.05) is 36.2 Å². The minimum Gasteiger partial charge on any atom is -0.332 e. The maximum Gasteiger partial charge on any atom is 0.257 e. The van der Waals surface area contributed by atoms with Crippen molar-refractivity contribution in [2.24, 2.45) is 0 Å². The summed E-state index contributed by atoms with van der Waals surface area (Å²) in [5.74, 6) is 7.96. The number of carbonyl (C=O) groups is 1. The van der Waals surface area contributed by atoms with Gasteiger partial charge in [-0.3, -0.25) is 9.20 Å². The van der Waals surface area contributed by atoms with Crippen LogP contribution in [0.2, 0.25) is 0 Å². The number of hydrogen-bond donors (Lipinski definition) is 0. The van der Waals surface area contributed by atoms with Gasteiger partial charge in [0.05, 0.1) is 11.4 Å². The van der Waals surface area contributed by atoms with Crippen molar-refractivity contribution < 1.29 is 4.79 Å². The molecule has 1 aliphatic rings. The molecule has 2 heterocycles. The van der Waals surface area contributed by atoms with Crippen molar-refractivity contribution in [3.63, 3.8) is 0 Å². The molecule has 4 aromatic rings. The van der Waals surface area contributed by atoms with Crippen LogP contribution >= 0.6 is 0 Å². The zero-order valence-corrected chi connectivity index (χ0v) is 19.2. The van der Waals surface area contributed by atoms with Crippen LogP contribution in [-0.4, -0.2) is 32.9 Å². The van der Waals surface area contributed by atoms with E-state index < -0.39 is 0 Å². The Hall–Kier alpha value is -3.98. The molecule has 2 aromatic carbocycles. The Labute approximate surface area is 193 Å². The van der Waals surface area contributed by atoms with Crippen LogP contribution in [0, 0.1) is 11.8 Å². The number of carbonyl (C=O) groups excluding carboxylic acids is 1. The summed E-state index contributed by atoms with van der Waals surface area (Å²) >= 11 is 0. The van der Waals surface area contributed by atoms with E-state index in [4.69, 9.17) is 4.98 Å². The minimum atomic E-state index is 0.117. The molecule has 1 unspecified atom stereocenters. The fourth-order valence-electron chi connectivity index (χ4n) is 4.23. The maximum absolute atomic E-state index is 11.3. The van der Waals surface area contributed by atoms with E-state index in [0.717, 1.165) is 35.1 Å². The van der Waals surface area contributed by atoms with Crippen LogP contribution in [0.1, 0.15) is 54.6 Å². The minimum absolute atomic E-state index is 0.117. The summed E-state index contributed by atoms with van der Waals surface area (Å²) in [6.07, 6.45) is 5.20. The van der Waals surface area contributed by atoms with Gasteiger partial charge >= 0.3 is 0 Å². The van der Waals surface area contributed by atoms with Gasteiger partial charge in [-0.15, -0.1) is 10.2 Å². The Bertz CT molecular complexity index is 1460. The van der Waals surface area contributed by atoms with E-state index in [1.165, 1.54) is 11.1 Å². The molecule has 0 spiro atoms. The van der Waals surface area contributed by atoms with Gasteiger partial charge in [0.25, 0.3) is 5.78 Å². The number of aromatic nitrogens is 4. The number of fused-ring (bicyclic) bond motifs is 3. The van der Waals surface area contributed by atoms with Crippen molar-refractivity contribution in [2.45, 2.75) is 38.5 Å². The predicted molar refractivity (Wildman–Crippen MR) is 130 cm³/mol. The Kier molecular flexibility index (Phi) is 4.98. The van der Waals surface area contributed by atoms with E-state index in [0.29, 0.717) is 11.3 Å². The largest absolute Gasteiger partial charge is 0.332 e. The zero-order chi connectivity index (χ0) is 23.2. The SMILES string of the molecule is CN(C1=CC#CC(c2ccc(C(C)(C)C)cc2)C1)c1nc2nncn2c2cc(C=O)ccc12. The molecular weight excluding hydrogens is 410 g/mol. The first-order valence-corrected chi connectivity index (χ1v) is 11.0. The molecule has 164 valence electrons. The fourth-order valence-corrected chi connectivity index (χ4v) is 4.23. The predicted octanol–water partition coefficient (Wildman–Crippen LogP) is 4.90. The van der Waals surface area contributed by atoms with Crippen molar-refractivity contribution in [3.8, 4) is 11.8 Å². The first kappa shape index (κ1) is 20.9. The van der Waals surface area contributed by atoms with Crippen LogP contribution in [0.25, 0.3) is 16.7 Å². The molecule has 0 fully saturated rings. The topological polar surface area (TPSA) is 63.4 Å². The van der Waals surface area contributed by atoms with Crippen molar-refractivity contribution in [1.29, 1.82) is 0 Å². The summed E-state index contributed by atoms with van der Waals surface area (Å²) in [4.78, 5) is 18.2. The fraction of sp³-hybridized carbons (Fsp3) is 0.259. The number of benzene rings is 2. The van der Waals surface area contributed by atoms with Gasteiger partial charge in [-0.25, -0.2) is 0 Å². The van der Waals surface area contributed by atoms with Crippen LogP contribution in [0.15, 0.2) is 60.6 Å². The molecule has 0 bridgehead atoms. The number of anilines is 1. The molecule has 2 aromatic heterocycles. The molecule has 0 saturated heterocycles. The summed E-state index contributed by atoms with van der Waals surface area (Å²) in [6, 6.07) is 14.4. The maximum atomic E-state index is 11.3. The van der Waals surface area contributed by atoms with Gasteiger partial charge in [0.15, 0.2) is 0 Å². The number of allylic oxidation sites excluding steroid dienone is 2. The lowest BCUT2D eigenvalue weighted by atomic mass is 9.84.